The third-order valence-corrected chi connectivity index (χ3v) is 2.98. The van der Waals surface area contributed by atoms with Gasteiger partial charge in [0, 0.05) is 12.3 Å². The van der Waals surface area contributed by atoms with Crippen LogP contribution in [0.15, 0.2) is 82.4 Å². The first-order chi connectivity index (χ1) is 10.4. The van der Waals surface area contributed by atoms with Gasteiger partial charge < -0.3 is 4.42 Å². The average Bonchev–Trinajstić information content (AvgIpc) is 3.06. The van der Waals surface area contributed by atoms with Crippen LogP contribution in [0.2, 0.25) is 0 Å². The number of benzene rings is 2. The molecule has 3 heteroatoms. The molecule has 0 saturated carbocycles. The Balaban J connectivity index is 1.84. The van der Waals surface area contributed by atoms with E-state index in [4.69, 9.17) is 4.42 Å². The van der Waals surface area contributed by atoms with E-state index >= 15 is 0 Å². The van der Waals surface area contributed by atoms with Gasteiger partial charge in [-0.25, -0.2) is 4.99 Å². The van der Waals surface area contributed by atoms with Crippen molar-refractivity contribution in [2.45, 2.75) is 0 Å². The summed E-state index contributed by atoms with van der Waals surface area (Å²) in [5.41, 5.74) is 2.93. The third-order valence-electron chi connectivity index (χ3n) is 2.98. The van der Waals surface area contributed by atoms with E-state index in [1.165, 1.54) is 0 Å². The fourth-order valence-corrected chi connectivity index (χ4v) is 1.92. The highest BCUT2D eigenvalue weighted by Crippen LogP contribution is 2.12. The van der Waals surface area contributed by atoms with Gasteiger partial charge in [0.2, 0.25) is 11.9 Å². The van der Waals surface area contributed by atoms with Crippen LogP contribution in [-0.2, 0) is 0 Å². The number of nitrogens with zero attached hydrogens (tertiary/aromatic N) is 1. The number of nitrogens with one attached hydrogen (secondary N) is 1. The van der Waals surface area contributed by atoms with Gasteiger partial charge in [0.15, 0.2) is 5.76 Å². The first kappa shape index (κ1) is 13.1. The molecule has 3 rings (SSSR count). The van der Waals surface area contributed by atoms with Crippen molar-refractivity contribution in [3.63, 3.8) is 0 Å². The molecule has 21 heavy (non-hydrogen) atoms. The average molecular weight is 275 g/mol. The van der Waals surface area contributed by atoms with Gasteiger partial charge in [0.25, 0.3) is 0 Å². The Kier molecular flexibility index (Phi) is 4.03. The van der Waals surface area contributed by atoms with Gasteiger partial charge in [-0.15, -0.1) is 0 Å². The Labute approximate surface area is 123 Å². The van der Waals surface area contributed by atoms with E-state index in [1.807, 2.05) is 79.2 Å². The summed E-state index contributed by atoms with van der Waals surface area (Å²) in [6.07, 6.45) is 5.33. The number of furan rings is 1. The molecular weight excluding hydrogens is 260 g/mol. The van der Waals surface area contributed by atoms with Gasteiger partial charge in [-0.2, -0.15) is 0 Å². The van der Waals surface area contributed by atoms with E-state index in [1.54, 1.807) is 6.26 Å². The van der Waals surface area contributed by atoms with Crippen molar-refractivity contribution in [2.75, 3.05) is 0 Å². The number of hydrogen-bond acceptors (Lipinski definition) is 2. The zero-order chi connectivity index (χ0) is 14.3. The summed E-state index contributed by atoms with van der Waals surface area (Å²) < 4.78 is 5.27. The first-order valence-electron chi connectivity index (χ1n) is 6.73. The van der Waals surface area contributed by atoms with E-state index in [9.17, 15) is 0 Å². The van der Waals surface area contributed by atoms with Crippen molar-refractivity contribution >= 4 is 23.8 Å². The summed E-state index contributed by atoms with van der Waals surface area (Å²) in [5, 5.41) is 0. The highest BCUT2D eigenvalue weighted by atomic mass is 16.3. The van der Waals surface area contributed by atoms with Crippen LogP contribution in [0.3, 0.4) is 0 Å². The fraction of sp³-hybridized carbons (Fsp3) is 0. The third kappa shape index (κ3) is 3.54. The van der Waals surface area contributed by atoms with E-state index < -0.39 is 0 Å². The zero-order valence-corrected chi connectivity index (χ0v) is 11.4. The van der Waals surface area contributed by atoms with Gasteiger partial charge in [0.1, 0.15) is 0 Å². The highest BCUT2D eigenvalue weighted by molar-refractivity contribution is 5.87. The van der Waals surface area contributed by atoms with Crippen LogP contribution < -0.4 is 4.99 Å². The molecule has 2 aromatic carbocycles. The lowest BCUT2D eigenvalue weighted by atomic mass is 10.2. The molecule has 1 aromatic heterocycles. The topological polar surface area (TPSA) is 39.5 Å². The number of para-hydroxylation sites is 2. The van der Waals surface area contributed by atoms with Crippen LogP contribution in [0.4, 0.5) is 11.4 Å². The van der Waals surface area contributed by atoms with E-state index in [2.05, 4.69) is 9.98 Å². The van der Waals surface area contributed by atoms with Crippen LogP contribution in [0.1, 0.15) is 11.3 Å². The molecule has 0 radical (unpaired) electrons. The monoisotopic (exact) mass is 275 g/mol. The summed E-state index contributed by atoms with van der Waals surface area (Å²) in [4.78, 5) is 7.72. The standard InChI is InChI=1S/C18H14N2O/c1-2-8-16(9-3-1)19-13-15-7-4-5-11-18(15)20-14-17-10-6-12-21-17/h1-14H/p+1. The van der Waals surface area contributed by atoms with Crippen LogP contribution in [0, 0.1) is 0 Å². The first-order valence-corrected chi connectivity index (χ1v) is 6.73. The highest BCUT2D eigenvalue weighted by Gasteiger charge is 2.03. The van der Waals surface area contributed by atoms with Crippen molar-refractivity contribution in [1.29, 1.82) is 0 Å². The number of aliphatic imine (C=N–C) groups is 1. The second kappa shape index (κ2) is 6.48. The second-order valence-corrected chi connectivity index (χ2v) is 4.49. The lowest BCUT2D eigenvalue weighted by Gasteiger charge is -1.95. The molecule has 0 amide bonds. The molecule has 1 heterocycles. The number of rotatable bonds is 4. The van der Waals surface area contributed by atoms with Gasteiger partial charge >= 0.3 is 0 Å². The van der Waals surface area contributed by atoms with E-state index in [0.29, 0.717) is 0 Å². The molecule has 0 atom stereocenters. The maximum absolute atomic E-state index is 5.27. The molecule has 3 nitrogen and oxygen atoms in total. The smallest absolute Gasteiger partial charge is 0.212 e. The SMILES string of the molecule is C(=Nc1ccccc1)c1ccccc1[NH+]=Cc1ccco1. The van der Waals surface area contributed by atoms with Crippen molar-refractivity contribution in [1.82, 2.24) is 0 Å². The fourth-order valence-electron chi connectivity index (χ4n) is 1.92. The minimum Gasteiger partial charge on any atom is -0.459 e. The lowest BCUT2D eigenvalue weighted by molar-refractivity contribution is -0.347. The molecule has 0 fully saturated rings. The molecule has 0 aliphatic carbocycles. The van der Waals surface area contributed by atoms with Gasteiger partial charge in [-0.1, -0.05) is 30.3 Å². The Morgan fingerprint density at radius 2 is 1.67 bits per heavy atom. The largest absolute Gasteiger partial charge is 0.459 e. The molecule has 102 valence electrons. The molecule has 0 aliphatic heterocycles. The molecule has 0 unspecified atom stereocenters. The second-order valence-electron chi connectivity index (χ2n) is 4.49. The predicted octanol–water partition coefficient (Wildman–Crippen LogP) is 2.86. The predicted molar refractivity (Wildman–Crippen MR) is 84.6 cm³/mol. The van der Waals surface area contributed by atoms with Crippen LogP contribution in [0.5, 0.6) is 0 Å². The van der Waals surface area contributed by atoms with Gasteiger partial charge in [-0.3, -0.25) is 4.99 Å². The molecular formula is C18H15N2O+. The Bertz CT molecular complexity index is 744. The minimum absolute atomic E-state index is 0.782. The minimum atomic E-state index is 0.782. The van der Waals surface area contributed by atoms with E-state index in [0.717, 1.165) is 22.7 Å². The summed E-state index contributed by atoms with van der Waals surface area (Å²) in [7, 11) is 0. The zero-order valence-electron chi connectivity index (χ0n) is 11.4. The molecule has 0 saturated heterocycles. The molecule has 0 bridgehead atoms. The molecule has 0 spiro atoms. The molecule has 1 N–H and O–H groups in total. The number of hydrogen-bond donors (Lipinski definition) is 1. The van der Waals surface area contributed by atoms with Crippen LogP contribution >= 0.6 is 0 Å². The maximum atomic E-state index is 5.27. The quantitative estimate of drug-likeness (QED) is 0.731. The Morgan fingerprint density at radius 1 is 0.857 bits per heavy atom. The summed E-state index contributed by atoms with van der Waals surface area (Å²) in [6, 6.07) is 21.6. The van der Waals surface area contributed by atoms with E-state index in [-0.39, 0.29) is 0 Å². The van der Waals surface area contributed by atoms with Crippen molar-refractivity contribution in [3.8, 4) is 0 Å². The van der Waals surface area contributed by atoms with Crippen molar-refractivity contribution in [3.05, 3.63) is 84.3 Å². The molecule has 3 aromatic rings. The summed E-state index contributed by atoms with van der Waals surface area (Å²) >= 11 is 0. The summed E-state index contributed by atoms with van der Waals surface area (Å²) in [5.74, 6) is 0.782. The lowest BCUT2D eigenvalue weighted by Crippen LogP contribution is -2.62. The Hall–Kier alpha value is -2.94. The normalized spacial score (nSPS) is 11.4. The Morgan fingerprint density at radius 3 is 2.48 bits per heavy atom. The molecule has 0 aliphatic rings. The summed E-state index contributed by atoms with van der Waals surface area (Å²) in [6.45, 7) is 0. The van der Waals surface area contributed by atoms with Gasteiger partial charge in [0.05, 0.1) is 17.5 Å². The van der Waals surface area contributed by atoms with Gasteiger partial charge in [-0.05, 0) is 30.3 Å². The van der Waals surface area contributed by atoms with Crippen molar-refractivity contribution < 1.29 is 9.41 Å². The van der Waals surface area contributed by atoms with Crippen molar-refractivity contribution in [2.24, 2.45) is 4.99 Å². The van der Waals surface area contributed by atoms with Crippen LogP contribution in [-0.4, -0.2) is 12.4 Å². The maximum Gasteiger partial charge on any atom is 0.212 e. The van der Waals surface area contributed by atoms with Crippen LogP contribution in [0.25, 0.3) is 0 Å².